The average molecular weight is 340 g/mol. The van der Waals surface area contributed by atoms with E-state index in [4.69, 9.17) is 4.74 Å². The molecule has 0 aliphatic carbocycles. The number of ether oxygens (including phenoxy) is 1. The summed E-state index contributed by atoms with van der Waals surface area (Å²) in [5.74, 6) is -0.169. The molecule has 5 nitrogen and oxygen atoms in total. The SMILES string of the molecule is Cc1cccc(NC(=O)c2ccc(CNC(=O)OC(C)(C)C)cc2)c1. The average Bonchev–Trinajstić information content (AvgIpc) is 2.52. The van der Waals surface area contributed by atoms with E-state index in [-0.39, 0.29) is 5.91 Å². The van der Waals surface area contributed by atoms with Crippen molar-refractivity contribution in [3.8, 4) is 0 Å². The molecule has 0 radical (unpaired) electrons. The molecule has 0 saturated heterocycles. The van der Waals surface area contributed by atoms with Crippen LogP contribution in [0.15, 0.2) is 48.5 Å². The van der Waals surface area contributed by atoms with Crippen LogP contribution >= 0.6 is 0 Å². The molecule has 0 bridgehead atoms. The smallest absolute Gasteiger partial charge is 0.407 e. The van der Waals surface area contributed by atoms with Gasteiger partial charge in [-0.1, -0.05) is 24.3 Å². The predicted octanol–water partition coefficient (Wildman–Crippen LogP) is 4.27. The standard InChI is InChI=1S/C20H24N2O3/c1-14-6-5-7-17(12-14)22-18(23)16-10-8-15(9-11-16)13-21-19(24)25-20(2,3)4/h5-12H,13H2,1-4H3,(H,21,24)(H,22,23). The van der Waals surface area contributed by atoms with Crippen molar-refractivity contribution in [2.75, 3.05) is 5.32 Å². The zero-order valence-electron chi connectivity index (χ0n) is 15.1. The lowest BCUT2D eigenvalue weighted by Crippen LogP contribution is -2.32. The Balaban J connectivity index is 1.91. The van der Waals surface area contributed by atoms with Gasteiger partial charge in [-0.05, 0) is 63.1 Å². The van der Waals surface area contributed by atoms with Crippen molar-refractivity contribution in [3.63, 3.8) is 0 Å². The fourth-order valence-electron chi connectivity index (χ4n) is 2.19. The summed E-state index contributed by atoms with van der Waals surface area (Å²) in [5.41, 5.74) is 2.77. The quantitative estimate of drug-likeness (QED) is 0.873. The minimum Gasteiger partial charge on any atom is -0.444 e. The number of aryl methyl sites for hydroxylation is 1. The van der Waals surface area contributed by atoms with Gasteiger partial charge in [-0.2, -0.15) is 0 Å². The van der Waals surface area contributed by atoms with Gasteiger partial charge >= 0.3 is 6.09 Å². The largest absolute Gasteiger partial charge is 0.444 e. The normalized spacial score (nSPS) is 10.9. The lowest BCUT2D eigenvalue weighted by atomic mass is 10.1. The number of alkyl carbamates (subject to hydrolysis) is 1. The lowest BCUT2D eigenvalue weighted by molar-refractivity contribution is 0.0523. The molecular weight excluding hydrogens is 316 g/mol. The van der Waals surface area contributed by atoms with Crippen molar-refractivity contribution >= 4 is 17.7 Å². The summed E-state index contributed by atoms with van der Waals surface area (Å²) in [6, 6.07) is 14.7. The number of anilines is 1. The van der Waals surface area contributed by atoms with Gasteiger partial charge in [-0.25, -0.2) is 4.79 Å². The van der Waals surface area contributed by atoms with Crippen molar-refractivity contribution in [1.29, 1.82) is 0 Å². The number of rotatable bonds is 4. The molecule has 2 aromatic carbocycles. The molecule has 2 rings (SSSR count). The molecule has 0 spiro atoms. The summed E-state index contributed by atoms with van der Waals surface area (Å²) in [4.78, 5) is 23.9. The Morgan fingerprint density at radius 1 is 1.04 bits per heavy atom. The number of hydrogen-bond donors (Lipinski definition) is 2. The highest BCUT2D eigenvalue weighted by Crippen LogP contribution is 2.12. The summed E-state index contributed by atoms with van der Waals surface area (Å²) < 4.78 is 5.18. The van der Waals surface area contributed by atoms with Gasteiger partial charge in [0.1, 0.15) is 5.60 Å². The van der Waals surface area contributed by atoms with Crippen LogP contribution in [0, 0.1) is 6.92 Å². The van der Waals surface area contributed by atoms with Gasteiger partial charge in [0, 0.05) is 17.8 Å². The van der Waals surface area contributed by atoms with Crippen LogP contribution in [0.3, 0.4) is 0 Å². The molecule has 0 aliphatic rings. The Kier molecular flexibility index (Phi) is 5.80. The molecule has 0 aromatic heterocycles. The summed E-state index contributed by atoms with van der Waals surface area (Å²) in [6.45, 7) is 7.76. The van der Waals surface area contributed by atoms with Crippen molar-refractivity contribution in [2.45, 2.75) is 39.8 Å². The fraction of sp³-hybridized carbons (Fsp3) is 0.300. The third-order valence-electron chi connectivity index (χ3n) is 3.33. The molecule has 0 fully saturated rings. The summed E-state index contributed by atoms with van der Waals surface area (Å²) in [5, 5.41) is 5.55. The number of amides is 2. The van der Waals surface area contributed by atoms with Crippen LogP contribution in [0.25, 0.3) is 0 Å². The van der Waals surface area contributed by atoms with E-state index in [1.807, 2.05) is 64.1 Å². The molecule has 0 saturated carbocycles. The first-order chi connectivity index (χ1) is 11.7. The Hall–Kier alpha value is -2.82. The Bertz CT molecular complexity index is 746. The van der Waals surface area contributed by atoms with Crippen LogP contribution in [0.4, 0.5) is 10.5 Å². The van der Waals surface area contributed by atoms with E-state index in [0.717, 1.165) is 16.8 Å². The van der Waals surface area contributed by atoms with Crippen molar-refractivity contribution in [3.05, 3.63) is 65.2 Å². The van der Waals surface area contributed by atoms with Crippen LogP contribution < -0.4 is 10.6 Å². The van der Waals surface area contributed by atoms with Gasteiger partial charge in [0.15, 0.2) is 0 Å². The van der Waals surface area contributed by atoms with Crippen molar-refractivity contribution in [2.24, 2.45) is 0 Å². The van der Waals surface area contributed by atoms with Crippen LogP contribution in [0.5, 0.6) is 0 Å². The van der Waals surface area contributed by atoms with E-state index in [0.29, 0.717) is 12.1 Å². The van der Waals surface area contributed by atoms with E-state index >= 15 is 0 Å². The van der Waals surface area contributed by atoms with E-state index in [1.165, 1.54) is 0 Å². The van der Waals surface area contributed by atoms with E-state index in [2.05, 4.69) is 10.6 Å². The Labute approximate surface area is 148 Å². The maximum absolute atomic E-state index is 12.3. The van der Waals surface area contributed by atoms with Crippen molar-refractivity contribution < 1.29 is 14.3 Å². The first kappa shape index (κ1) is 18.5. The first-order valence-electron chi connectivity index (χ1n) is 8.17. The molecule has 2 amide bonds. The monoisotopic (exact) mass is 340 g/mol. The summed E-state index contributed by atoms with van der Waals surface area (Å²) >= 11 is 0. The topological polar surface area (TPSA) is 67.4 Å². The third-order valence-corrected chi connectivity index (χ3v) is 3.33. The first-order valence-corrected chi connectivity index (χ1v) is 8.17. The minimum absolute atomic E-state index is 0.169. The summed E-state index contributed by atoms with van der Waals surface area (Å²) in [6.07, 6.45) is -0.464. The molecule has 2 N–H and O–H groups in total. The molecule has 0 atom stereocenters. The Morgan fingerprint density at radius 3 is 2.32 bits per heavy atom. The zero-order chi connectivity index (χ0) is 18.4. The zero-order valence-corrected chi connectivity index (χ0v) is 15.1. The lowest BCUT2D eigenvalue weighted by Gasteiger charge is -2.19. The van der Waals surface area contributed by atoms with Gasteiger partial charge in [-0.3, -0.25) is 4.79 Å². The second kappa shape index (κ2) is 7.83. The molecule has 5 heteroatoms. The number of carbonyl (C=O) groups excluding carboxylic acids is 2. The van der Waals surface area contributed by atoms with Crippen LogP contribution in [0.2, 0.25) is 0 Å². The highest BCUT2D eigenvalue weighted by atomic mass is 16.6. The molecule has 132 valence electrons. The molecule has 25 heavy (non-hydrogen) atoms. The number of nitrogens with one attached hydrogen (secondary N) is 2. The molecule has 2 aromatic rings. The fourth-order valence-corrected chi connectivity index (χ4v) is 2.19. The highest BCUT2D eigenvalue weighted by Gasteiger charge is 2.15. The van der Waals surface area contributed by atoms with E-state index < -0.39 is 11.7 Å². The van der Waals surface area contributed by atoms with Crippen LogP contribution in [0.1, 0.15) is 42.3 Å². The van der Waals surface area contributed by atoms with Gasteiger partial charge in [0.2, 0.25) is 0 Å². The van der Waals surface area contributed by atoms with Gasteiger partial charge in [-0.15, -0.1) is 0 Å². The predicted molar refractivity (Wildman–Crippen MR) is 98.6 cm³/mol. The molecule has 0 aliphatic heterocycles. The maximum atomic E-state index is 12.3. The van der Waals surface area contributed by atoms with Crippen LogP contribution in [-0.4, -0.2) is 17.6 Å². The van der Waals surface area contributed by atoms with Gasteiger partial charge < -0.3 is 15.4 Å². The van der Waals surface area contributed by atoms with E-state index in [1.54, 1.807) is 12.1 Å². The second-order valence-corrected chi connectivity index (χ2v) is 6.88. The van der Waals surface area contributed by atoms with Crippen LogP contribution in [-0.2, 0) is 11.3 Å². The summed E-state index contributed by atoms with van der Waals surface area (Å²) in [7, 11) is 0. The highest BCUT2D eigenvalue weighted by molar-refractivity contribution is 6.04. The number of hydrogen-bond acceptors (Lipinski definition) is 3. The number of carbonyl (C=O) groups is 2. The van der Waals surface area contributed by atoms with E-state index in [9.17, 15) is 9.59 Å². The molecule has 0 heterocycles. The minimum atomic E-state index is -0.526. The molecule has 0 unspecified atom stereocenters. The third kappa shape index (κ3) is 6.30. The number of benzene rings is 2. The maximum Gasteiger partial charge on any atom is 0.407 e. The Morgan fingerprint density at radius 2 is 1.72 bits per heavy atom. The second-order valence-electron chi connectivity index (χ2n) is 6.88. The molecular formula is C20H24N2O3. The van der Waals surface area contributed by atoms with Crippen molar-refractivity contribution in [1.82, 2.24) is 5.32 Å². The van der Waals surface area contributed by atoms with Gasteiger partial charge in [0.05, 0.1) is 0 Å². The van der Waals surface area contributed by atoms with Gasteiger partial charge in [0.25, 0.3) is 5.91 Å².